The van der Waals surface area contributed by atoms with E-state index in [1.54, 1.807) is 0 Å². The first-order valence-corrected chi connectivity index (χ1v) is 15.8. The highest BCUT2D eigenvalue weighted by Gasteiger charge is 2.65. The summed E-state index contributed by atoms with van der Waals surface area (Å²) in [6, 6.07) is -0.486. The van der Waals surface area contributed by atoms with Gasteiger partial charge in [0.1, 0.15) is 12.3 Å². The van der Waals surface area contributed by atoms with Crippen LogP contribution in [0.3, 0.4) is 0 Å². The molecule has 4 saturated carbocycles. The van der Waals surface area contributed by atoms with Crippen molar-refractivity contribution in [3.05, 3.63) is 0 Å². The number of hydrogen-bond acceptors (Lipinski definition) is 8. The van der Waals surface area contributed by atoms with Crippen molar-refractivity contribution in [2.75, 3.05) is 14.1 Å². The summed E-state index contributed by atoms with van der Waals surface area (Å²) in [5, 5.41) is 31.7. The van der Waals surface area contributed by atoms with Crippen molar-refractivity contribution in [1.82, 2.24) is 4.90 Å². The number of aliphatic carboxylic acids is 1. The van der Waals surface area contributed by atoms with E-state index in [0.717, 1.165) is 25.7 Å². The second-order valence-electron chi connectivity index (χ2n) is 15.0. The maximum Gasteiger partial charge on any atom is 0.303 e. The molecule has 40 heavy (non-hydrogen) atoms. The van der Waals surface area contributed by atoms with Gasteiger partial charge in [0, 0.05) is 12.3 Å². The van der Waals surface area contributed by atoms with E-state index in [-0.39, 0.29) is 41.3 Å². The molecule has 9 heteroatoms. The number of nitrogens with zero attached hydrogens (tertiary/aromatic N) is 1. The number of carboxylic acids is 1. The van der Waals surface area contributed by atoms with Crippen molar-refractivity contribution in [3.63, 3.8) is 0 Å². The first-order valence-electron chi connectivity index (χ1n) is 15.8. The number of aliphatic hydroxyl groups excluding tert-OH is 2. The fourth-order valence-electron chi connectivity index (χ4n) is 11.2. The van der Waals surface area contributed by atoms with Gasteiger partial charge in [0.15, 0.2) is 6.29 Å². The van der Waals surface area contributed by atoms with Crippen LogP contribution in [0.25, 0.3) is 0 Å². The van der Waals surface area contributed by atoms with E-state index >= 15 is 0 Å². The predicted molar refractivity (Wildman–Crippen MR) is 148 cm³/mol. The van der Waals surface area contributed by atoms with E-state index in [1.165, 1.54) is 19.3 Å². The molecule has 0 radical (unpaired) electrons. The fourth-order valence-corrected chi connectivity index (χ4v) is 11.2. The minimum Gasteiger partial charge on any atom is -0.481 e. The van der Waals surface area contributed by atoms with Crippen molar-refractivity contribution in [1.29, 1.82) is 0 Å². The highest BCUT2D eigenvalue weighted by atomic mass is 16.7. The van der Waals surface area contributed by atoms with Crippen LogP contribution < -0.4 is 5.73 Å². The molecule has 7 rings (SSSR count). The van der Waals surface area contributed by atoms with E-state index in [9.17, 15) is 20.1 Å². The first-order chi connectivity index (χ1) is 18.9. The quantitative estimate of drug-likeness (QED) is 0.372. The van der Waals surface area contributed by atoms with Crippen molar-refractivity contribution in [2.45, 2.75) is 128 Å². The third-order valence-electron chi connectivity index (χ3n) is 13.2. The number of carboxylic acid groups (broad SMARTS) is 1. The Kier molecular flexibility index (Phi) is 7.63. The molecule has 3 heterocycles. The number of likely N-dealkylation sites (N-methyl/N-ethyl adjacent to an activating group) is 1. The monoisotopic (exact) mass is 564 g/mol. The molecule has 0 amide bonds. The van der Waals surface area contributed by atoms with E-state index in [4.69, 9.17) is 19.9 Å². The van der Waals surface area contributed by atoms with Gasteiger partial charge in [0.2, 0.25) is 0 Å². The summed E-state index contributed by atoms with van der Waals surface area (Å²) in [5.41, 5.74) is 6.96. The highest BCUT2D eigenvalue weighted by molar-refractivity contribution is 5.67. The van der Waals surface area contributed by atoms with Gasteiger partial charge >= 0.3 is 5.97 Å². The zero-order chi connectivity index (χ0) is 28.7. The average Bonchev–Trinajstić information content (AvgIpc) is 3.22. The molecule has 9 nitrogen and oxygen atoms in total. The lowest BCUT2D eigenvalue weighted by Crippen LogP contribution is -2.65. The molecule has 5 N–H and O–H groups in total. The van der Waals surface area contributed by atoms with Crippen LogP contribution in [0.4, 0.5) is 0 Å². The van der Waals surface area contributed by atoms with Gasteiger partial charge in [-0.3, -0.25) is 4.79 Å². The van der Waals surface area contributed by atoms with Gasteiger partial charge in [-0.1, -0.05) is 13.8 Å². The lowest BCUT2D eigenvalue weighted by Gasteiger charge is -2.64. The Labute approximate surface area is 239 Å². The van der Waals surface area contributed by atoms with E-state index in [2.05, 4.69) is 13.8 Å². The van der Waals surface area contributed by atoms with Crippen LogP contribution in [0.1, 0.15) is 78.6 Å². The molecule has 0 aromatic rings. The molecule has 7 fully saturated rings. The summed E-state index contributed by atoms with van der Waals surface area (Å²) in [7, 11) is 3.70. The van der Waals surface area contributed by atoms with Crippen molar-refractivity contribution in [2.24, 2.45) is 52.1 Å². The number of rotatable bonds is 5. The molecule has 0 aromatic heterocycles. The standard InChI is InChI=1S/C31H52N2O7/c1-15-26(36)25(33(4)5)27(37)29(38-15)39-17-12-16-6-7-18-20-8-9-21-19(14-24(34)35)28(32)40-23(13-17)31(16,3)22(18)10-11-30(20,21)2/h15-23,25-29,36-37H,6-14,32H2,1-5H3,(H,34,35)/t15-,16+,17+,18-,19-,20+,21+,22?,23?,25-,26-,27+,28+,29-,30+,31-/m0/s1. The van der Waals surface area contributed by atoms with Crippen LogP contribution in [-0.2, 0) is 19.0 Å². The van der Waals surface area contributed by atoms with Crippen LogP contribution in [0.15, 0.2) is 0 Å². The summed E-state index contributed by atoms with van der Waals surface area (Å²) in [4.78, 5) is 13.9. The summed E-state index contributed by atoms with van der Waals surface area (Å²) >= 11 is 0. The normalized spacial score (nSPS) is 55.8. The zero-order valence-corrected chi connectivity index (χ0v) is 24.9. The van der Waals surface area contributed by atoms with Crippen LogP contribution >= 0.6 is 0 Å². The zero-order valence-electron chi connectivity index (χ0n) is 24.9. The van der Waals surface area contributed by atoms with Gasteiger partial charge in [-0.2, -0.15) is 0 Å². The Balaban J connectivity index is 1.31. The van der Waals surface area contributed by atoms with Gasteiger partial charge in [-0.15, -0.1) is 0 Å². The number of hydrogen-bond donors (Lipinski definition) is 4. The number of nitrogens with two attached hydrogens (primary N) is 1. The van der Waals surface area contributed by atoms with Gasteiger partial charge in [0.05, 0.1) is 36.9 Å². The summed E-state index contributed by atoms with van der Waals surface area (Å²) in [6.07, 6.45) is 4.40. The fraction of sp³-hybridized carbons (Fsp3) is 0.968. The summed E-state index contributed by atoms with van der Waals surface area (Å²) in [6.45, 7) is 6.68. The lowest BCUT2D eigenvalue weighted by molar-refractivity contribution is -0.308. The molecule has 4 aliphatic carbocycles. The molecule has 3 aliphatic heterocycles. The molecule has 0 spiro atoms. The molecule has 0 aromatic carbocycles. The minimum atomic E-state index is -0.982. The maximum atomic E-state index is 12.1. The number of aliphatic hydroxyl groups is 2. The number of ether oxygens (including phenoxy) is 3. The summed E-state index contributed by atoms with van der Waals surface area (Å²) < 4.78 is 19.5. The molecule has 3 saturated heterocycles. The van der Waals surface area contributed by atoms with E-state index in [1.807, 2.05) is 25.9 Å². The molecular formula is C31H52N2O7. The van der Waals surface area contributed by atoms with Crippen LogP contribution in [0.5, 0.6) is 0 Å². The topological polar surface area (TPSA) is 135 Å². The predicted octanol–water partition coefficient (Wildman–Crippen LogP) is 2.81. The van der Waals surface area contributed by atoms with Crippen molar-refractivity contribution >= 4 is 5.97 Å². The Bertz CT molecular complexity index is 966. The largest absolute Gasteiger partial charge is 0.481 e. The molecule has 2 unspecified atom stereocenters. The SMILES string of the molecule is C[C@@H]1O[C@@H](O[C@H]2CC3O[C@@H](N)[C@@H](CC(=O)O)[C@H]4CC[C@@H]5[C@@H]6CC[C@H](C2)[C@@]3(C)C6CC[C@@]45C)[C@H](O)[C@@H](N(C)C)[C@H]1O. The number of carbonyl (C=O) groups is 1. The Morgan fingerprint density at radius 1 is 1.00 bits per heavy atom. The van der Waals surface area contributed by atoms with Gasteiger partial charge in [0.25, 0.3) is 0 Å². The smallest absolute Gasteiger partial charge is 0.303 e. The van der Waals surface area contributed by atoms with Gasteiger partial charge in [-0.25, -0.2) is 0 Å². The van der Waals surface area contributed by atoms with E-state index in [0.29, 0.717) is 30.1 Å². The number of fused-ring (bicyclic) bond motifs is 3. The Morgan fingerprint density at radius 2 is 1.73 bits per heavy atom. The molecule has 7 aliphatic rings. The van der Waals surface area contributed by atoms with Crippen LogP contribution in [0, 0.1) is 46.3 Å². The lowest BCUT2D eigenvalue weighted by atomic mass is 9.43. The molecular weight excluding hydrogens is 512 g/mol. The van der Waals surface area contributed by atoms with Gasteiger partial charge in [-0.05, 0) is 106 Å². The average molecular weight is 565 g/mol. The minimum absolute atomic E-state index is 0.0449. The Hall–Kier alpha value is -0.810. The van der Waals surface area contributed by atoms with Crippen LogP contribution in [-0.4, -0.2) is 89.4 Å². The van der Waals surface area contributed by atoms with Gasteiger partial charge < -0.3 is 40.2 Å². The van der Waals surface area contributed by atoms with E-state index < -0.39 is 42.8 Å². The highest BCUT2D eigenvalue weighted by Crippen LogP contribution is 2.69. The van der Waals surface area contributed by atoms with Crippen LogP contribution in [0.2, 0.25) is 0 Å². The van der Waals surface area contributed by atoms with Crippen molar-refractivity contribution < 1.29 is 34.3 Å². The first kappa shape index (κ1) is 29.3. The third-order valence-corrected chi connectivity index (χ3v) is 13.2. The molecule has 16 atom stereocenters. The third kappa shape index (κ3) is 4.40. The second-order valence-corrected chi connectivity index (χ2v) is 15.0. The molecule has 6 bridgehead atoms. The molecule has 228 valence electrons. The Morgan fingerprint density at radius 3 is 2.42 bits per heavy atom. The summed E-state index contributed by atoms with van der Waals surface area (Å²) in [5.74, 6) is 1.51. The van der Waals surface area contributed by atoms with Crippen molar-refractivity contribution in [3.8, 4) is 0 Å². The second kappa shape index (κ2) is 10.4. The maximum absolute atomic E-state index is 12.1.